The summed E-state index contributed by atoms with van der Waals surface area (Å²) >= 11 is 2.14. The molecule has 1 aromatic heterocycles. The van der Waals surface area contributed by atoms with Crippen molar-refractivity contribution in [2.24, 2.45) is 5.73 Å². The first-order valence-electron chi connectivity index (χ1n) is 3.05. The molecule has 11 heavy (non-hydrogen) atoms. The minimum absolute atomic E-state index is 0.412. The molecule has 1 heterocycles. The Labute approximate surface area is 78.1 Å². The number of primary amides is 1. The molecule has 0 aliphatic carbocycles. The molecule has 0 saturated heterocycles. The molecule has 0 fully saturated rings. The SMILES string of the molecule is NC(=O)c1cccnc1CI. The second kappa shape index (κ2) is 3.66. The van der Waals surface area contributed by atoms with Gasteiger partial charge >= 0.3 is 0 Å². The Morgan fingerprint density at radius 2 is 2.45 bits per heavy atom. The second-order valence-electron chi connectivity index (χ2n) is 2.00. The van der Waals surface area contributed by atoms with E-state index in [0.717, 1.165) is 5.69 Å². The van der Waals surface area contributed by atoms with Crippen molar-refractivity contribution >= 4 is 28.5 Å². The number of rotatable bonds is 2. The maximum atomic E-state index is 10.8. The molecule has 0 bridgehead atoms. The quantitative estimate of drug-likeness (QED) is 0.641. The minimum atomic E-state index is -0.412. The van der Waals surface area contributed by atoms with Crippen LogP contribution in [0.3, 0.4) is 0 Å². The van der Waals surface area contributed by atoms with Gasteiger partial charge in [0.25, 0.3) is 5.91 Å². The van der Waals surface area contributed by atoms with Crippen molar-refractivity contribution in [3.05, 3.63) is 29.6 Å². The standard InChI is InChI=1S/C7H7IN2O/c8-4-6-5(7(9)11)2-1-3-10-6/h1-3H,4H2,(H2,9,11). The number of nitrogens with two attached hydrogens (primary N) is 1. The summed E-state index contributed by atoms with van der Waals surface area (Å²) in [7, 11) is 0. The van der Waals surface area contributed by atoms with Crippen LogP contribution in [0.5, 0.6) is 0 Å². The average molecular weight is 262 g/mol. The minimum Gasteiger partial charge on any atom is -0.366 e. The van der Waals surface area contributed by atoms with Crippen molar-refractivity contribution < 1.29 is 4.79 Å². The third-order valence-corrected chi connectivity index (χ3v) is 2.00. The van der Waals surface area contributed by atoms with Gasteiger partial charge in [0.1, 0.15) is 0 Å². The third-order valence-electron chi connectivity index (χ3n) is 1.28. The summed E-state index contributed by atoms with van der Waals surface area (Å²) in [6, 6.07) is 3.39. The number of nitrogens with zero attached hydrogens (tertiary/aromatic N) is 1. The fourth-order valence-electron chi connectivity index (χ4n) is 0.769. The first-order valence-corrected chi connectivity index (χ1v) is 4.58. The number of alkyl halides is 1. The van der Waals surface area contributed by atoms with Gasteiger partial charge in [0, 0.05) is 10.6 Å². The maximum absolute atomic E-state index is 10.8. The normalized spacial score (nSPS) is 9.55. The van der Waals surface area contributed by atoms with Crippen LogP contribution in [0.15, 0.2) is 18.3 Å². The van der Waals surface area contributed by atoms with Gasteiger partial charge in [-0.25, -0.2) is 0 Å². The molecule has 0 radical (unpaired) electrons. The largest absolute Gasteiger partial charge is 0.366 e. The molecule has 0 unspecified atom stereocenters. The van der Waals surface area contributed by atoms with E-state index in [2.05, 4.69) is 27.6 Å². The van der Waals surface area contributed by atoms with Gasteiger partial charge in [0.15, 0.2) is 0 Å². The molecule has 3 nitrogen and oxygen atoms in total. The lowest BCUT2D eigenvalue weighted by molar-refractivity contribution is 0.0999. The van der Waals surface area contributed by atoms with Crippen molar-refractivity contribution in [2.75, 3.05) is 0 Å². The Morgan fingerprint density at radius 1 is 1.73 bits per heavy atom. The highest BCUT2D eigenvalue weighted by Gasteiger charge is 2.05. The number of hydrogen-bond donors (Lipinski definition) is 1. The van der Waals surface area contributed by atoms with Crippen molar-refractivity contribution in [1.82, 2.24) is 4.98 Å². The van der Waals surface area contributed by atoms with Crippen LogP contribution in [0.4, 0.5) is 0 Å². The number of aromatic nitrogens is 1. The molecule has 0 aliphatic rings. The molecule has 0 atom stereocenters. The molecule has 2 N–H and O–H groups in total. The summed E-state index contributed by atoms with van der Waals surface area (Å²) in [4.78, 5) is 14.8. The maximum Gasteiger partial charge on any atom is 0.250 e. The van der Waals surface area contributed by atoms with E-state index in [9.17, 15) is 4.79 Å². The molecule has 4 heteroatoms. The van der Waals surface area contributed by atoms with Crippen LogP contribution in [0, 0.1) is 0 Å². The first-order chi connectivity index (χ1) is 5.25. The van der Waals surface area contributed by atoms with Crippen molar-refractivity contribution in [3.8, 4) is 0 Å². The highest BCUT2D eigenvalue weighted by Crippen LogP contribution is 2.08. The van der Waals surface area contributed by atoms with Crippen molar-refractivity contribution in [3.63, 3.8) is 0 Å². The van der Waals surface area contributed by atoms with Crippen LogP contribution in [-0.4, -0.2) is 10.9 Å². The summed E-state index contributed by atoms with van der Waals surface area (Å²) in [5.41, 5.74) is 6.37. The molecule has 0 aliphatic heterocycles. The molecule has 58 valence electrons. The third kappa shape index (κ3) is 1.89. The summed E-state index contributed by atoms with van der Waals surface area (Å²) in [5, 5.41) is 0. The van der Waals surface area contributed by atoms with Gasteiger partial charge in [0.2, 0.25) is 0 Å². The van der Waals surface area contributed by atoms with Gasteiger partial charge in [-0.15, -0.1) is 0 Å². The van der Waals surface area contributed by atoms with E-state index in [1.807, 2.05) is 0 Å². The molecular weight excluding hydrogens is 255 g/mol. The Morgan fingerprint density at radius 3 is 2.91 bits per heavy atom. The molecule has 0 spiro atoms. The van der Waals surface area contributed by atoms with Crippen LogP contribution in [-0.2, 0) is 4.43 Å². The van der Waals surface area contributed by atoms with Gasteiger partial charge in [-0.1, -0.05) is 22.6 Å². The Bertz CT molecular complexity index is 275. The van der Waals surface area contributed by atoms with Gasteiger partial charge in [-0.05, 0) is 12.1 Å². The van der Waals surface area contributed by atoms with Gasteiger partial charge in [-0.3, -0.25) is 9.78 Å². The van der Waals surface area contributed by atoms with Crippen LogP contribution >= 0.6 is 22.6 Å². The fourth-order valence-corrected chi connectivity index (χ4v) is 1.38. The van der Waals surface area contributed by atoms with E-state index < -0.39 is 5.91 Å². The zero-order chi connectivity index (χ0) is 8.27. The number of pyridine rings is 1. The number of amides is 1. The van der Waals surface area contributed by atoms with Crippen molar-refractivity contribution in [1.29, 1.82) is 0 Å². The number of halogens is 1. The number of carbonyl (C=O) groups excluding carboxylic acids is 1. The summed E-state index contributed by atoms with van der Waals surface area (Å²) in [6.45, 7) is 0. The lowest BCUT2D eigenvalue weighted by Gasteiger charge is -1.99. The molecular formula is C7H7IN2O. The Balaban J connectivity index is 3.12. The summed E-state index contributed by atoms with van der Waals surface area (Å²) < 4.78 is 0.705. The number of hydrogen-bond acceptors (Lipinski definition) is 2. The zero-order valence-corrected chi connectivity index (χ0v) is 7.91. The van der Waals surface area contributed by atoms with Crippen LogP contribution in [0.2, 0.25) is 0 Å². The van der Waals surface area contributed by atoms with E-state index in [0.29, 0.717) is 9.99 Å². The van der Waals surface area contributed by atoms with E-state index >= 15 is 0 Å². The topological polar surface area (TPSA) is 56.0 Å². The molecule has 1 aromatic rings. The van der Waals surface area contributed by atoms with Gasteiger partial charge < -0.3 is 5.73 Å². The second-order valence-corrected chi connectivity index (χ2v) is 2.76. The van der Waals surface area contributed by atoms with E-state index in [1.165, 1.54) is 0 Å². The average Bonchev–Trinajstić information content (AvgIpc) is 2.04. The fraction of sp³-hybridized carbons (Fsp3) is 0.143. The predicted molar refractivity (Wildman–Crippen MR) is 50.5 cm³/mol. The van der Waals surface area contributed by atoms with E-state index in [1.54, 1.807) is 18.3 Å². The van der Waals surface area contributed by atoms with E-state index in [4.69, 9.17) is 5.73 Å². The number of carbonyl (C=O) groups is 1. The Hall–Kier alpha value is -0.650. The highest BCUT2D eigenvalue weighted by molar-refractivity contribution is 14.1. The molecule has 1 amide bonds. The highest BCUT2D eigenvalue weighted by atomic mass is 127. The summed E-state index contributed by atoms with van der Waals surface area (Å²) in [6.07, 6.45) is 1.65. The van der Waals surface area contributed by atoms with Crippen molar-refractivity contribution in [2.45, 2.75) is 4.43 Å². The lowest BCUT2D eigenvalue weighted by atomic mass is 10.2. The van der Waals surface area contributed by atoms with E-state index in [-0.39, 0.29) is 0 Å². The smallest absolute Gasteiger partial charge is 0.250 e. The summed E-state index contributed by atoms with van der Waals surface area (Å²) in [5.74, 6) is -0.412. The van der Waals surface area contributed by atoms with Crippen LogP contribution in [0.25, 0.3) is 0 Å². The van der Waals surface area contributed by atoms with Crippen LogP contribution < -0.4 is 5.73 Å². The Kier molecular flexibility index (Phi) is 2.81. The molecule has 1 rings (SSSR count). The lowest BCUT2D eigenvalue weighted by Crippen LogP contribution is -2.13. The molecule has 0 saturated carbocycles. The molecule has 0 aromatic carbocycles. The first kappa shape index (κ1) is 8.45. The van der Waals surface area contributed by atoms with Crippen LogP contribution in [0.1, 0.15) is 16.1 Å². The monoisotopic (exact) mass is 262 g/mol. The van der Waals surface area contributed by atoms with Gasteiger partial charge in [-0.2, -0.15) is 0 Å². The van der Waals surface area contributed by atoms with Gasteiger partial charge in [0.05, 0.1) is 11.3 Å². The zero-order valence-electron chi connectivity index (χ0n) is 5.75. The predicted octanol–water partition coefficient (Wildman–Crippen LogP) is 1.12.